The summed E-state index contributed by atoms with van der Waals surface area (Å²) in [5.74, 6) is 0.671. The van der Waals surface area contributed by atoms with Crippen LogP contribution in [0.15, 0.2) is 107 Å². The highest BCUT2D eigenvalue weighted by Crippen LogP contribution is 2.35. The predicted octanol–water partition coefficient (Wildman–Crippen LogP) is 4.90. The van der Waals surface area contributed by atoms with E-state index in [0.717, 1.165) is 16.7 Å². The molecule has 41 heavy (non-hydrogen) atoms. The van der Waals surface area contributed by atoms with Crippen LogP contribution in [-0.4, -0.2) is 30.4 Å². The van der Waals surface area contributed by atoms with Gasteiger partial charge in [0.15, 0.2) is 16.3 Å². The van der Waals surface area contributed by atoms with Gasteiger partial charge in [0.25, 0.3) is 5.56 Å². The lowest BCUT2D eigenvalue weighted by molar-refractivity contribution is -0.138. The fraction of sp³-hybridized carbons (Fsp3) is 0.182. The first-order valence-electron chi connectivity index (χ1n) is 13.4. The molecular formula is C33H30N2O5S. The monoisotopic (exact) mass is 566 g/mol. The normalized spacial score (nSPS) is 14.7. The Kier molecular flexibility index (Phi) is 8.60. The van der Waals surface area contributed by atoms with E-state index >= 15 is 0 Å². The molecule has 0 aliphatic carbocycles. The largest absolute Gasteiger partial charge is 0.490 e. The summed E-state index contributed by atoms with van der Waals surface area (Å²) < 4.78 is 19.1. The maximum atomic E-state index is 14.0. The number of carbonyl (C=O) groups is 1. The van der Waals surface area contributed by atoms with Gasteiger partial charge in [-0.3, -0.25) is 9.36 Å². The lowest BCUT2D eigenvalue weighted by atomic mass is 9.93. The lowest BCUT2D eigenvalue weighted by Crippen LogP contribution is -2.39. The quantitative estimate of drug-likeness (QED) is 0.202. The van der Waals surface area contributed by atoms with E-state index in [1.54, 1.807) is 17.6 Å². The number of fused-ring (bicyclic) bond motifs is 1. The zero-order valence-corrected chi connectivity index (χ0v) is 23.7. The summed E-state index contributed by atoms with van der Waals surface area (Å²) in [7, 11) is 0. The van der Waals surface area contributed by atoms with Crippen LogP contribution in [0.1, 0.15) is 36.6 Å². The number of thiazole rings is 1. The summed E-state index contributed by atoms with van der Waals surface area (Å²) in [6.45, 7) is 8.37. The van der Waals surface area contributed by atoms with Gasteiger partial charge in [0.2, 0.25) is 0 Å². The minimum Gasteiger partial charge on any atom is -0.490 e. The molecule has 0 fully saturated rings. The van der Waals surface area contributed by atoms with Crippen molar-refractivity contribution in [2.75, 3.05) is 19.8 Å². The third kappa shape index (κ3) is 5.78. The molecule has 1 aliphatic heterocycles. The molecule has 0 saturated heterocycles. The number of carbonyl (C=O) groups excluding carboxylic acids is 1. The second-order valence-corrected chi connectivity index (χ2v) is 10.1. The molecule has 8 heteroatoms. The Morgan fingerprint density at radius 3 is 2.39 bits per heavy atom. The van der Waals surface area contributed by atoms with E-state index in [-0.39, 0.29) is 12.2 Å². The third-order valence-electron chi connectivity index (χ3n) is 6.41. The van der Waals surface area contributed by atoms with Gasteiger partial charge in [0.05, 0.1) is 35.1 Å². The van der Waals surface area contributed by atoms with Gasteiger partial charge in [0, 0.05) is 5.56 Å². The van der Waals surface area contributed by atoms with E-state index in [4.69, 9.17) is 19.2 Å². The van der Waals surface area contributed by atoms with E-state index in [2.05, 4.69) is 6.58 Å². The van der Waals surface area contributed by atoms with Crippen molar-refractivity contribution < 1.29 is 19.0 Å². The van der Waals surface area contributed by atoms with Crippen molar-refractivity contribution in [3.8, 4) is 11.5 Å². The average Bonchev–Trinajstić information content (AvgIpc) is 3.31. The molecule has 4 aromatic rings. The van der Waals surface area contributed by atoms with Gasteiger partial charge in [-0.1, -0.05) is 90.7 Å². The first-order valence-corrected chi connectivity index (χ1v) is 14.2. The Morgan fingerprint density at radius 1 is 0.976 bits per heavy atom. The molecular weight excluding hydrogens is 536 g/mol. The van der Waals surface area contributed by atoms with Gasteiger partial charge in [-0.2, -0.15) is 0 Å². The molecule has 1 aromatic heterocycles. The Morgan fingerprint density at radius 2 is 1.71 bits per heavy atom. The van der Waals surface area contributed by atoms with Gasteiger partial charge in [0.1, 0.15) is 6.61 Å². The minimum atomic E-state index is -0.711. The summed E-state index contributed by atoms with van der Waals surface area (Å²) in [6.07, 6.45) is 3.48. The number of benzene rings is 3. The fourth-order valence-electron chi connectivity index (χ4n) is 4.69. The first kappa shape index (κ1) is 27.9. The maximum absolute atomic E-state index is 14.0. The van der Waals surface area contributed by atoms with Gasteiger partial charge in [-0.15, -0.1) is 0 Å². The van der Waals surface area contributed by atoms with Crippen LogP contribution in [0.2, 0.25) is 0 Å². The average molecular weight is 567 g/mol. The van der Waals surface area contributed by atoms with E-state index < -0.39 is 12.0 Å². The molecule has 0 unspecified atom stereocenters. The second kappa shape index (κ2) is 12.7. The Bertz CT molecular complexity index is 1770. The summed E-state index contributed by atoms with van der Waals surface area (Å²) in [6, 6.07) is 23.8. The zero-order valence-electron chi connectivity index (χ0n) is 22.9. The zero-order chi connectivity index (χ0) is 28.8. The standard InChI is InChI=1S/C33H30N2O5S/c1-4-19-40-25-18-17-22(20-26(25)38-5-2)21-27-31(36)35-30(24-15-11-8-12-16-24)28(32(37)39-6-3)29(34-33(35)41-27)23-13-9-7-10-14-23/h4,7-18,20-21,30H,1,5-6,19H2,2-3H3/b27-21-/t30-/m1/s1. The van der Waals surface area contributed by atoms with Crippen LogP contribution in [0.5, 0.6) is 11.5 Å². The van der Waals surface area contributed by atoms with Crippen LogP contribution in [0.4, 0.5) is 0 Å². The molecule has 3 aromatic carbocycles. The Labute approximate surface area is 242 Å². The van der Waals surface area contributed by atoms with Crippen molar-refractivity contribution in [1.29, 1.82) is 0 Å². The third-order valence-corrected chi connectivity index (χ3v) is 7.39. The lowest BCUT2D eigenvalue weighted by Gasteiger charge is -2.25. The fourth-order valence-corrected chi connectivity index (χ4v) is 5.69. The highest BCUT2D eigenvalue weighted by Gasteiger charge is 2.35. The minimum absolute atomic E-state index is 0.199. The van der Waals surface area contributed by atoms with E-state index in [0.29, 0.717) is 45.3 Å². The Hall–Kier alpha value is -4.69. The first-order chi connectivity index (χ1) is 20.0. The van der Waals surface area contributed by atoms with Gasteiger partial charge >= 0.3 is 5.97 Å². The van der Waals surface area contributed by atoms with E-state index in [1.807, 2.05) is 91.9 Å². The molecule has 0 bridgehead atoms. The van der Waals surface area contributed by atoms with Gasteiger partial charge < -0.3 is 14.2 Å². The highest BCUT2D eigenvalue weighted by atomic mass is 32.1. The van der Waals surface area contributed by atoms with Crippen molar-refractivity contribution in [3.63, 3.8) is 0 Å². The smallest absolute Gasteiger partial charge is 0.338 e. The number of esters is 1. The van der Waals surface area contributed by atoms with Crippen molar-refractivity contribution in [2.45, 2.75) is 19.9 Å². The number of hydrogen-bond acceptors (Lipinski definition) is 7. The van der Waals surface area contributed by atoms with Gasteiger partial charge in [-0.05, 0) is 43.2 Å². The summed E-state index contributed by atoms with van der Waals surface area (Å²) in [5.41, 5.74) is 2.90. The number of aromatic nitrogens is 1. The highest BCUT2D eigenvalue weighted by molar-refractivity contribution is 7.07. The topological polar surface area (TPSA) is 79.1 Å². The van der Waals surface area contributed by atoms with Crippen molar-refractivity contribution >= 4 is 29.1 Å². The van der Waals surface area contributed by atoms with Gasteiger partial charge in [-0.25, -0.2) is 9.79 Å². The molecule has 5 rings (SSSR count). The molecule has 0 saturated carbocycles. The number of nitrogens with zero attached hydrogens (tertiary/aromatic N) is 2. The number of ether oxygens (including phenoxy) is 3. The Balaban J connectivity index is 1.73. The molecule has 1 aliphatic rings. The molecule has 0 spiro atoms. The van der Waals surface area contributed by atoms with Crippen LogP contribution in [0, 0.1) is 0 Å². The predicted molar refractivity (Wildman–Crippen MR) is 161 cm³/mol. The van der Waals surface area contributed by atoms with Crippen molar-refractivity contribution in [3.05, 3.63) is 133 Å². The number of rotatable bonds is 10. The molecule has 7 nitrogen and oxygen atoms in total. The van der Waals surface area contributed by atoms with Crippen molar-refractivity contribution in [2.24, 2.45) is 4.99 Å². The van der Waals surface area contributed by atoms with Crippen LogP contribution < -0.4 is 24.4 Å². The summed E-state index contributed by atoms with van der Waals surface area (Å²) in [4.78, 5) is 32.9. The molecule has 2 heterocycles. The van der Waals surface area contributed by atoms with Crippen LogP contribution in [0.25, 0.3) is 11.8 Å². The van der Waals surface area contributed by atoms with E-state index in [9.17, 15) is 9.59 Å². The summed E-state index contributed by atoms with van der Waals surface area (Å²) in [5, 5.41) is 0. The molecule has 208 valence electrons. The molecule has 0 amide bonds. The summed E-state index contributed by atoms with van der Waals surface area (Å²) >= 11 is 1.27. The van der Waals surface area contributed by atoms with Crippen LogP contribution in [-0.2, 0) is 9.53 Å². The van der Waals surface area contributed by atoms with Crippen LogP contribution in [0.3, 0.4) is 0 Å². The number of hydrogen-bond donors (Lipinski definition) is 0. The van der Waals surface area contributed by atoms with E-state index in [1.165, 1.54) is 11.3 Å². The maximum Gasteiger partial charge on any atom is 0.338 e. The van der Waals surface area contributed by atoms with Crippen molar-refractivity contribution in [1.82, 2.24) is 4.57 Å². The SMILES string of the molecule is C=CCOc1ccc(/C=c2\sc3n(c2=O)[C@H](c2ccccc2)C(C(=O)OCC)=C(c2ccccc2)N=3)cc1OCC. The molecule has 0 radical (unpaired) electrons. The molecule has 1 atom stereocenters. The molecule has 0 N–H and O–H groups in total. The van der Waals surface area contributed by atoms with Crippen LogP contribution >= 0.6 is 11.3 Å². The second-order valence-electron chi connectivity index (χ2n) is 9.08.